The maximum absolute atomic E-state index is 14.5. The number of fused-ring (bicyclic) bond motifs is 1. The minimum absolute atomic E-state index is 0.0979. The normalized spacial score (nSPS) is 14.8. The monoisotopic (exact) mass is 727 g/mol. The lowest BCUT2D eigenvalue weighted by Gasteiger charge is -2.30. The predicted molar refractivity (Wildman–Crippen MR) is 195 cm³/mol. The molecule has 0 saturated carbocycles. The minimum atomic E-state index is -4.64. The number of hydrogen-bond acceptors (Lipinski definition) is 9. The lowest BCUT2D eigenvalue weighted by Crippen LogP contribution is -2.36. The van der Waals surface area contributed by atoms with E-state index in [4.69, 9.17) is 0 Å². The fourth-order valence-corrected chi connectivity index (χ4v) is 7.63. The van der Waals surface area contributed by atoms with E-state index < -0.39 is 35.2 Å². The largest absolute Gasteiger partial charge is 0.586 e. The molecule has 1 unspecified atom stereocenters. The number of benzene rings is 2. The topological polar surface area (TPSA) is 129 Å². The second-order valence-electron chi connectivity index (χ2n) is 12.9. The Morgan fingerprint density at radius 2 is 1.67 bits per heavy atom. The van der Waals surface area contributed by atoms with Gasteiger partial charge in [0.15, 0.2) is 4.90 Å². The standard InChI is InChI=1S/C37H36F3N9O2S/c1-23-33(24(2)49(46-23)52(51)30-12-16-41-17-13-30)31-20-26-21-42-36(44-28-10-8-27(9-11-28)43-29-14-18-47(3)19-15-29)45-34(26)48(35(31)50)22-25-6-4-5-7-32(25)37(38,39)40/h4-13,16-17,20-21,29,43H,14-15,18-19,22H2,1-3H3,(H,42,44,45). The highest BCUT2D eigenvalue weighted by Crippen LogP contribution is 2.34. The van der Waals surface area contributed by atoms with E-state index in [1.807, 2.05) is 24.3 Å². The fraction of sp³-hybridized carbons (Fsp3) is 0.270. The van der Waals surface area contributed by atoms with Crippen LogP contribution in [-0.2, 0) is 24.1 Å². The third kappa shape index (κ3) is 7.24. The summed E-state index contributed by atoms with van der Waals surface area (Å²) in [7, 11) is 2.12. The van der Waals surface area contributed by atoms with Gasteiger partial charge in [0, 0.05) is 59.1 Å². The molecule has 4 aromatic heterocycles. The summed E-state index contributed by atoms with van der Waals surface area (Å²) in [6.45, 7) is 5.05. The second kappa shape index (κ2) is 14.4. The van der Waals surface area contributed by atoms with Crippen LogP contribution in [0.25, 0.3) is 22.2 Å². The quantitative estimate of drug-likeness (QED) is 0.159. The Balaban J connectivity index is 1.28. The zero-order chi connectivity index (χ0) is 36.6. The van der Waals surface area contributed by atoms with E-state index in [1.165, 1.54) is 45.4 Å². The van der Waals surface area contributed by atoms with Crippen molar-refractivity contribution in [1.82, 2.24) is 33.6 Å². The van der Waals surface area contributed by atoms with Crippen molar-refractivity contribution in [3.05, 3.63) is 118 Å². The molecule has 0 bridgehead atoms. The lowest BCUT2D eigenvalue weighted by molar-refractivity contribution is -0.138. The van der Waals surface area contributed by atoms with E-state index >= 15 is 0 Å². The third-order valence-corrected chi connectivity index (χ3v) is 10.6. The van der Waals surface area contributed by atoms with Gasteiger partial charge in [-0.3, -0.25) is 14.3 Å². The fourth-order valence-electron chi connectivity index (χ4n) is 6.54. The first-order valence-corrected chi connectivity index (χ1v) is 17.8. The summed E-state index contributed by atoms with van der Waals surface area (Å²) in [6, 6.07) is 18.1. The van der Waals surface area contributed by atoms with Crippen molar-refractivity contribution in [3.63, 3.8) is 0 Å². The Kier molecular flexibility index (Phi) is 9.74. The van der Waals surface area contributed by atoms with Gasteiger partial charge >= 0.3 is 6.18 Å². The maximum atomic E-state index is 14.5. The first kappa shape index (κ1) is 35.2. The second-order valence-corrected chi connectivity index (χ2v) is 14.2. The highest BCUT2D eigenvalue weighted by atomic mass is 32.2. The van der Waals surface area contributed by atoms with E-state index in [9.17, 15) is 22.5 Å². The number of nitrogens with zero attached hydrogens (tertiary/aromatic N) is 7. The van der Waals surface area contributed by atoms with Gasteiger partial charge in [0.1, 0.15) is 17.0 Å². The summed E-state index contributed by atoms with van der Waals surface area (Å²) in [5, 5.41) is 11.7. The molecule has 52 heavy (non-hydrogen) atoms. The van der Waals surface area contributed by atoms with Gasteiger partial charge in [0.2, 0.25) is 5.95 Å². The molecule has 2 N–H and O–H groups in total. The Morgan fingerprint density at radius 1 is 0.981 bits per heavy atom. The molecule has 1 aliphatic heterocycles. The molecule has 0 aliphatic carbocycles. The summed E-state index contributed by atoms with van der Waals surface area (Å²) in [5.74, 6) is 0.168. The van der Waals surface area contributed by atoms with E-state index in [-0.39, 0.29) is 22.7 Å². The zero-order valence-electron chi connectivity index (χ0n) is 28.7. The average molecular weight is 728 g/mol. The van der Waals surface area contributed by atoms with E-state index in [1.54, 1.807) is 32.0 Å². The molecule has 7 rings (SSSR count). The average Bonchev–Trinajstić information content (AvgIpc) is 3.43. The van der Waals surface area contributed by atoms with E-state index in [2.05, 4.69) is 42.6 Å². The first-order valence-electron chi connectivity index (χ1n) is 16.7. The number of likely N-dealkylation sites (tertiary alicyclic amines) is 1. The van der Waals surface area contributed by atoms with Crippen LogP contribution < -0.4 is 16.2 Å². The predicted octanol–water partition coefficient (Wildman–Crippen LogP) is 6.55. The Labute approximate surface area is 300 Å². The molecule has 15 heteroatoms. The Bertz CT molecular complexity index is 2270. The molecular formula is C37H36F3N9O2S. The van der Waals surface area contributed by atoms with Crippen molar-refractivity contribution < 1.29 is 17.7 Å². The van der Waals surface area contributed by atoms with Gasteiger partial charge in [0.25, 0.3) is 5.56 Å². The summed E-state index contributed by atoms with van der Waals surface area (Å²) in [5.41, 5.74) is 1.75. The smallest absolute Gasteiger partial charge is 0.416 e. The Morgan fingerprint density at radius 3 is 2.38 bits per heavy atom. The summed E-state index contributed by atoms with van der Waals surface area (Å²) < 4.78 is 58.5. The number of nitrogens with one attached hydrogen (secondary N) is 2. The molecule has 268 valence electrons. The number of aryl methyl sites for hydroxylation is 1. The Hall–Kier alpha value is -5.25. The van der Waals surface area contributed by atoms with Gasteiger partial charge in [-0.2, -0.15) is 18.2 Å². The molecular weight excluding hydrogens is 692 g/mol. The van der Waals surface area contributed by atoms with Crippen LogP contribution in [0.1, 0.15) is 35.4 Å². The molecule has 0 spiro atoms. The van der Waals surface area contributed by atoms with Gasteiger partial charge in [-0.25, -0.2) is 4.98 Å². The van der Waals surface area contributed by atoms with Crippen LogP contribution in [0.5, 0.6) is 0 Å². The number of alkyl halides is 3. The van der Waals surface area contributed by atoms with Crippen LogP contribution in [0.4, 0.5) is 30.5 Å². The van der Waals surface area contributed by atoms with Gasteiger partial charge < -0.3 is 20.1 Å². The van der Waals surface area contributed by atoms with Crippen molar-refractivity contribution in [2.24, 2.45) is 0 Å². The van der Waals surface area contributed by atoms with Crippen LogP contribution >= 0.6 is 0 Å². The van der Waals surface area contributed by atoms with Crippen LogP contribution in [0.2, 0.25) is 0 Å². The third-order valence-electron chi connectivity index (χ3n) is 9.24. The molecule has 6 aromatic rings. The summed E-state index contributed by atoms with van der Waals surface area (Å²) >= 11 is -1.74. The number of piperidine rings is 1. The molecule has 1 atom stereocenters. The summed E-state index contributed by atoms with van der Waals surface area (Å²) in [6.07, 6.45) is 2.05. The van der Waals surface area contributed by atoms with Crippen LogP contribution in [0.15, 0.2) is 95.0 Å². The first-order chi connectivity index (χ1) is 25.0. The van der Waals surface area contributed by atoms with E-state index in [0.717, 1.165) is 37.7 Å². The molecule has 2 aromatic carbocycles. The van der Waals surface area contributed by atoms with Gasteiger partial charge in [-0.05, 0) is 88.8 Å². The van der Waals surface area contributed by atoms with Crippen molar-refractivity contribution >= 4 is 39.7 Å². The van der Waals surface area contributed by atoms with Crippen molar-refractivity contribution in [2.75, 3.05) is 30.8 Å². The number of hydrogen-bond donors (Lipinski definition) is 2. The SMILES string of the molecule is Cc1nn([S+]([O-])c2ccncc2)c(C)c1-c1cc2cnc(Nc3ccc(NC4CCN(C)CC4)cc3)nc2n(Cc2ccccc2C(F)(F)F)c1=O. The molecule has 5 heterocycles. The van der Waals surface area contributed by atoms with Gasteiger partial charge in [0.05, 0.1) is 29.1 Å². The van der Waals surface area contributed by atoms with Crippen LogP contribution in [0.3, 0.4) is 0 Å². The van der Waals surface area contributed by atoms with E-state index in [0.29, 0.717) is 39.0 Å². The molecule has 11 nitrogen and oxygen atoms in total. The highest BCUT2D eigenvalue weighted by Gasteiger charge is 2.33. The van der Waals surface area contributed by atoms with Gasteiger partial charge in [-0.1, -0.05) is 22.3 Å². The minimum Gasteiger partial charge on any atom is -0.586 e. The van der Waals surface area contributed by atoms with Crippen molar-refractivity contribution in [1.29, 1.82) is 0 Å². The molecule has 1 aliphatic rings. The molecule has 1 fully saturated rings. The zero-order valence-corrected chi connectivity index (χ0v) is 29.5. The summed E-state index contributed by atoms with van der Waals surface area (Å²) in [4.78, 5) is 30.4. The lowest BCUT2D eigenvalue weighted by atomic mass is 10.0. The maximum Gasteiger partial charge on any atom is 0.416 e. The number of rotatable bonds is 9. The number of pyridine rings is 2. The highest BCUT2D eigenvalue weighted by molar-refractivity contribution is 7.89. The van der Waals surface area contributed by atoms with Crippen molar-refractivity contribution in [3.8, 4) is 11.1 Å². The number of anilines is 3. The number of aromatic nitrogens is 6. The number of halogens is 3. The van der Waals surface area contributed by atoms with Crippen molar-refractivity contribution in [2.45, 2.75) is 50.3 Å². The molecule has 1 saturated heterocycles. The van der Waals surface area contributed by atoms with Crippen LogP contribution in [-0.4, -0.2) is 64.3 Å². The molecule has 0 radical (unpaired) electrons. The molecule has 0 amide bonds. The van der Waals surface area contributed by atoms with Crippen LogP contribution in [0, 0.1) is 13.8 Å². The van der Waals surface area contributed by atoms with Gasteiger partial charge in [-0.15, -0.1) is 5.10 Å².